The van der Waals surface area contributed by atoms with E-state index in [1.165, 1.54) is 12.0 Å². The molecule has 0 aliphatic carbocycles. The van der Waals surface area contributed by atoms with Gasteiger partial charge in [-0.3, -0.25) is 0 Å². The molecule has 2 atom stereocenters. The summed E-state index contributed by atoms with van der Waals surface area (Å²) in [7, 11) is 0. The molecule has 1 fully saturated rings. The van der Waals surface area contributed by atoms with Crippen LogP contribution in [0.4, 0.5) is 0 Å². The molecule has 0 aromatic carbocycles. The molecule has 5 heteroatoms. The first-order valence-electron chi connectivity index (χ1n) is 7.32. The lowest BCUT2D eigenvalue weighted by molar-refractivity contribution is 0.108. The number of fused-ring (bicyclic) bond motifs is 1. The van der Waals surface area contributed by atoms with Gasteiger partial charge in [-0.2, -0.15) is 5.10 Å². The molecule has 108 valence electrons. The highest BCUT2D eigenvalue weighted by Crippen LogP contribution is 2.19. The molecule has 1 aliphatic rings. The topological polar surface area (TPSA) is 51.5 Å². The minimum Gasteiger partial charge on any atom is -0.377 e. The standard InChI is InChI=1S/C15H22N4O/c1-10-7-15-17-9-14(12(3)19(15)18-10)11(2)16-8-13-5-4-6-20-13/h7,9,11,13,16H,4-6,8H2,1-3H3. The third kappa shape index (κ3) is 2.55. The zero-order valence-electron chi connectivity index (χ0n) is 12.4. The lowest BCUT2D eigenvalue weighted by Gasteiger charge is -2.19. The number of rotatable bonds is 4. The minimum absolute atomic E-state index is 0.251. The third-order valence-corrected chi connectivity index (χ3v) is 4.03. The van der Waals surface area contributed by atoms with Gasteiger partial charge in [0.05, 0.1) is 11.8 Å². The van der Waals surface area contributed by atoms with Crippen molar-refractivity contribution in [3.05, 3.63) is 29.2 Å². The van der Waals surface area contributed by atoms with Crippen molar-refractivity contribution >= 4 is 5.65 Å². The Morgan fingerprint density at radius 1 is 1.50 bits per heavy atom. The summed E-state index contributed by atoms with van der Waals surface area (Å²) in [4.78, 5) is 4.49. The van der Waals surface area contributed by atoms with Gasteiger partial charge in [-0.1, -0.05) is 0 Å². The summed E-state index contributed by atoms with van der Waals surface area (Å²) in [5, 5.41) is 8.04. The Kier molecular flexibility index (Phi) is 3.72. The molecule has 0 bridgehead atoms. The fourth-order valence-electron chi connectivity index (χ4n) is 2.82. The Bertz CT molecular complexity index is 601. The summed E-state index contributed by atoms with van der Waals surface area (Å²) in [6, 6.07) is 2.25. The maximum atomic E-state index is 5.65. The number of hydrogen-bond acceptors (Lipinski definition) is 4. The van der Waals surface area contributed by atoms with Crippen molar-refractivity contribution in [3.8, 4) is 0 Å². The zero-order chi connectivity index (χ0) is 14.1. The Hall–Kier alpha value is -1.46. The van der Waals surface area contributed by atoms with E-state index >= 15 is 0 Å². The largest absolute Gasteiger partial charge is 0.377 e. The molecule has 0 amide bonds. The fourth-order valence-corrected chi connectivity index (χ4v) is 2.82. The van der Waals surface area contributed by atoms with Gasteiger partial charge in [-0.15, -0.1) is 0 Å². The Morgan fingerprint density at radius 2 is 2.35 bits per heavy atom. The average Bonchev–Trinajstić information content (AvgIpc) is 3.05. The second-order valence-corrected chi connectivity index (χ2v) is 5.62. The van der Waals surface area contributed by atoms with Gasteiger partial charge in [-0.05, 0) is 33.6 Å². The van der Waals surface area contributed by atoms with Gasteiger partial charge in [0.25, 0.3) is 0 Å². The van der Waals surface area contributed by atoms with Crippen LogP contribution < -0.4 is 5.32 Å². The molecule has 3 rings (SSSR count). The van der Waals surface area contributed by atoms with E-state index in [0.29, 0.717) is 6.10 Å². The van der Waals surface area contributed by atoms with Gasteiger partial charge in [-0.25, -0.2) is 9.50 Å². The van der Waals surface area contributed by atoms with Crippen LogP contribution in [0, 0.1) is 13.8 Å². The third-order valence-electron chi connectivity index (χ3n) is 4.03. The Morgan fingerprint density at radius 3 is 3.10 bits per heavy atom. The van der Waals surface area contributed by atoms with Gasteiger partial charge in [0.1, 0.15) is 0 Å². The van der Waals surface area contributed by atoms with Crippen molar-refractivity contribution in [3.63, 3.8) is 0 Å². The van der Waals surface area contributed by atoms with Crippen LogP contribution >= 0.6 is 0 Å². The lowest BCUT2D eigenvalue weighted by Crippen LogP contribution is -2.29. The van der Waals surface area contributed by atoms with Crippen LogP contribution in [0.2, 0.25) is 0 Å². The summed E-state index contributed by atoms with van der Waals surface area (Å²) in [5.41, 5.74) is 4.25. The van der Waals surface area contributed by atoms with E-state index in [2.05, 4.69) is 29.2 Å². The van der Waals surface area contributed by atoms with Gasteiger partial charge in [0.2, 0.25) is 0 Å². The number of ether oxygens (including phenoxy) is 1. The van der Waals surface area contributed by atoms with Gasteiger partial charge in [0.15, 0.2) is 5.65 Å². The molecule has 3 heterocycles. The Labute approximate surface area is 119 Å². The van der Waals surface area contributed by atoms with Gasteiger partial charge >= 0.3 is 0 Å². The number of aromatic nitrogens is 3. The fraction of sp³-hybridized carbons (Fsp3) is 0.600. The lowest BCUT2D eigenvalue weighted by atomic mass is 10.1. The van der Waals surface area contributed by atoms with Crippen molar-refractivity contribution in [1.29, 1.82) is 0 Å². The average molecular weight is 274 g/mol. The Balaban J connectivity index is 1.76. The highest BCUT2D eigenvalue weighted by atomic mass is 16.5. The van der Waals surface area contributed by atoms with Crippen LogP contribution in [0.1, 0.15) is 42.8 Å². The van der Waals surface area contributed by atoms with Gasteiger partial charge < -0.3 is 10.1 Å². The van der Waals surface area contributed by atoms with Crippen LogP contribution in [-0.2, 0) is 4.74 Å². The van der Waals surface area contributed by atoms with Crippen molar-refractivity contribution in [1.82, 2.24) is 19.9 Å². The van der Waals surface area contributed by atoms with Crippen LogP contribution in [0.5, 0.6) is 0 Å². The molecular weight excluding hydrogens is 252 g/mol. The summed E-state index contributed by atoms with van der Waals surface area (Å²) in [5.74, 6) is 0. The van der Waals surface area contributed by atoms with Crippen molar-refractivity contribution in [2.24, 2.45) is 0 Å². The molecule has 5 nitrogen and oxygen atoms in total. The SMILES string of the molecule is Cc1cc2ncc(C(C)NCC3CCCO3)c(C)n2n1. The summed E-state index contributed by atoms with van der Waals surface area (Å²) in [6.07, 6.45) is 4.66. The van der Waals surface area contributed by atoms with E-state index < -0.39 is 0 Å². The molecular formula is C15H22N4O. The molecule has 20 heavy (non-hydrogen) atoms. The first kappa shape index (κ1) is 13.5. The molecule has 1 N–H and O–H groups in total. The van der Waals surface area contributed by atoms with Crippen LogP contribution in [-0.4, -0.2) is 33.9 Å². The number of hydrogen-bond donors (Lipinski definition) is 1. The monoisotopic (exact) mass is 274 g/mol. The van der Waals surface area contributed by atoms with Crippen LogP contribution in [0.15, 0.2) is 12.3 Å². The number of nitrogens with one attached hydrogen (secondary N) is 1. The predicted molar refractivity (Wildman–Crippen MR) is 77.9 cm³/mol. The minimum atomic E-state index is 0.251. The number of nitrogens with zero attached hydrogens (tertiary/aromatic N) is 3. The molecule has 2 unspecified atom stereocenters. The molecule has 0 spiro atoms. The first-order chi connectivity index (χ1) is 9.65. The highest BCUT2D eigenvalue weighted by molar-refractivity contribution is 5.42. The van der Waals surface area contributed by atoms with Crippen LogP contribution in [0.3, 0.4) is 0 Å². The summed E-state index contributed by atoms with van der Waals surface area (Å²) < 4.78 is 7.57. The molecule has 0 saturated carbocycles. The zero-order valence-corrected chi connectivity index (χ0v) is 12.4. The molecule has 2 aromatic rings. The maximum Gasteiger partial charge on any atom is 0.155 e. The highest BCUT2D eigenvalue weighted by Gasteiger charge is 2.18. The van der Waals surface area contributed by atoms with E-state index in [0.717, 1.165) is 36.6 Å². The summed E-state index contributed by atoms with van der Waals surface area (Å²) >= 11 is 0. The molecule has 1 saturated heterocycles. The van der Waals surface area contributed by atoms with E-state index in [1.807, 2.05) is 23.7 Å². The molecule has 2 aromatic heterocycles. The van der Waals surface area contributed by atoms with Crippen molar-refractivity contribution < 1.29 is 4.74 Å². The predicted octanol–water partition coefficient (Wildman–Crippen LogP) is 2.18. The van der Waals surface area contributed by atoms with E-state index in [9.17, 15) is 0 Å². The second-order valence-electron chi connectivity index (χ2n) is 5.62. The van der Waals surface area contributed by atoms with E-state index in [-0.39, 0.29) is 6.04 Å². The molecule has 0 radical (unpaired) electrons. The van der Waals surface area contributed by atoms with Crippen molar-refractivity contribution in [2.45, 2.75) is 45.8 Å². The van der Waals surface area contributed by atoms with Crippen molar-refractivity contribution in [2.75, 3.05) is 13.2 Å². The van der Waals surface area contributed by atoms with Gasteiger partial charge in [0, 0.05) is 42.7 Å². The first-order valence-corrected chi connectivity index (χ1v) is 7.32. The quantitative estimate of drug-likeness (QED) is 0.928. The van der Waals surface area contributed by atoms with Crippen LogP contribution in [0.25, 0.3) is 5.65 Å². The summed E-state index contributed by atoms with van der Waals surface area (Å²) in [6.45, 7) is 8.06. The molecule has 1 aliphatic heterocycles. The number of aryl methyl sites for hydroxylation is 2. The van der Waals surface area contributed by atoms with E-state index in [4.69, 9.17) is 4.74 Å². The second kappa shape index (κ2) is 5.50. The smallest absolute Gasteiger partial charge is 0.155 e. The normalized spacial score (nSPS) is 20.6. The van der Waals surface area contributed by atoms with E-state index in [1.54, 1.807) is 0 Å². The maximum absolute atomic E-state index is 5.65.